The Bertz CT molecular complexity index is 409. The Morgan fingerprint density at radius 3 is 2.54 bits per heavy atom. The molecular formula is C9H8BrN3. The van der Waals surface area contributed by atoms with E-state index in [9.17, 15) is 0 Å². The molecule has 0 N–H and O–H groups in total. The SMILES string of the molecule is Cc1cc(Br)ccc1-n1cnnc1. The van der Waals surface area contributed by atoms with Gasteiger partial charge in [-0.3, -0.25) is 4.57 Å². The summed E-state index contributed by atoms with van der Waals surface area (Å²) in [6.45, 7) is 2.06. The quantitative estimate of drug-likeness (QED) is 0.763. The van der Waals surface area contributed by atoms with Gasteiger partial charge in [0.1, 0.15) is 12.7 Å². The maximum atomic E-state index is 3.76. The van der Waals surface area contributed by atoms with Crippen LogP contribution in [0.25, 0.3) is 5.69 Å². The number of aromatic nitrogens is 3. The Hall–Kier alpha value is -1.16. The number of nitrogens with zero attached hydrogens (tertiary/aromatic N) is 3. The summed E-state index contributed by atoms with van der Waals surface area (Å²) in [6.07, 6.45) is 3.38. The molecule has 66 valence electrons. The molecule has 2 rings (SSSR count). The zero-order valence-electron chi connectivity index (χ0n) is 7.11. The van der Waals surface area contributed by atoms with Crippen LogP contribution in [-0.2, 0) is 0 Å². The first-order valence-electron chi connectivity index (χ1n) is 3.88. The number of hydrogen-bond acceptors (Lipinski definition) is 2. The number of rotatable bonds is 1. The Kier molecular flexibility index (Phi) is 2.14. The molecule has 0 saturated carbocycles. The van der Waals surface area contributed by atoms with Gasteiger partial charge in [0.05, 0.1) is 5.69 Å². The van der Waals surface area contributed by atoms with E-state index in [0.717, 1.165) is 10.2 Å². The number of aryl methyl sites for hydroxylation is 1. The second-order valence-electron chi connectivity index (χ2n) is 2.80. The summed E-state index contributed by atoms with van der Waals surface area (Å²) in [7, 11) is 0. The third kappa shape index (κ3) is 1.62. The van der Waals surface area contributed by atoms with Crippen LogP contribution in [0.1, 0.15) is 5.56 Å². The van der Waals surface area contributed by atoms with Crippen molar-refractivity contribution in [3.05, 3.63) is 40.9 Å². The Labute approximate surface area is 84.5 Å². The number of halogens is 1. The van der Waals surface area contributed by atoms with E-state index >= 15 is 0 Å². The molecule has 0 aliphatic heterocycles. The van der Waals surface area contributed by atoms with E-state index < -0.39 is 0 Å². The average Bonchev–Trinajstić information content (AvgIpc) is 2.56. The van der Waals surface area contributed by atoms with E-state index in [1.807, 2.05) is 16.7 Å². The highest BCUT2D eigenvalue weighted by Gasteiger charge is 2.00. The van der Waals surface area contributed by atoms with Crippen molar-refractivity contribution in [2.75, 3.05) is 0 Å². The van der Waals surface area contributed by atoms with Crippen molar-refractivity contribution in [1.29, 1.82) is 0 Å². The highest BCUT2D eigenvalue weighted by atomic mass is 79.9. The largest absolute Gasteiger partial charge is 0.288 e. The number of hydrogen-bond donors (Lipinski definition) is 0. The highest BCUT2D eigenvalue weighted by molar-refractivity contribution is 9.10. The first-order chi connectivity index (χ1) is 6.27. The molecule has 4 heteroatoms. The van der Waals surface area contributed by atoms with E-state index in [4.69, 9.17) is 0 Å². The molecule has 1 heterocycles. The summed E-state index contributed by atoms with van der Waals surface area (Å²) in [5, 5.41) is 7.53. The van der Waals surface area contributed by atoms with Gasteiger partial charge in [-0.1, -0.05) is 15.9 Å². The van der Waals surface area contributed by atoms with Crippen molar-refractivity contribution >= 4 is 15.9 Å². The van der Waals surface area contributed by atoms with Crippen LogP contribution < -0.4 is 0 Å². The first-order valence-corrected chi connectivity index (χ1v) is 4.68. The topological polar surface area (TPSA) is 30.7 Å². The summed E-state index contributed by atoms with van der Waals surface area (Å²) in [6, 6.07) is 6.10. The minimum Gasteiger partial charge on any atom is -0.288 e. The maximum absolute atomic E-state index is 3.76. The fourth-order valence-corrected chi connectivity index (χ4v) is 1.71. The minimum atomic E-state index is 1.09. The summed E-state index contributed by atoms with van der Waals surface area (Å²) < 4.78 is 2.98. The summed E-state index contributed by atoms with van der Waals surface area (Å²) >= 11 is 3.42. The molecule has 13 heavy (non-hydrogen) atoms. The molecule has 1 aromatic carbocycles. The van der Waals surface area contributed by atoms with Crippen LogP contribution in [0, 0.1) is 6.92 Å². The van der Waals surface area contributed by atoms with Gasteiger partial charge in [0.2, 0.25) is 0 Å². The van der Waals surface area contributed by atoms with Crippen LogP contribution in [0.4, 0.5) is 0 Å². The molecule has 0 spiro atoms. The normalized spacial score (nSPS) is 10.3. The summed E-state index contributed by atoms with van der Waals surface area (Å²) in [5.41, 5.74) is 2.29. The average molecular weight is 238 g/mol. The van der Waals surface area contributed by atoms with E-state index in [2.05, 4.69) is 39.1 Å². The van der Waals surface area contributed by atoms with Crippen LogP contribution in [0.2, 0.25) is 0 Å². The lowest BCUT2D eigenvalue weighted by atomic mass is 10.2. The van der Waals surface area contributed by atoms with Crippen molar-refractivity contribution < 1.29 is 0 Å². The van der Waals surface area contributed by atoms with E-state index in [0.29, 0.717) is 0 Å². The molecule has 1 aromatic heterocycles. The van der Waals surface area contributed by atoms with Crippen molar-refractivity contribution in [1.82, 2.24) is 14.8 Å². The molecule has 0 saturated heterocycles. The van der Waals surface area contributed by atoms with E-state index in [1.165, 1.54) is 5.56 Å². The van der Waals surface area contributed by atoms with E-state index in [1.54, 1.807) is 12.7 Å². The fraction of sp³-hybridized carbons (Fsp3) is 0.111. The maximum Gasteiger partial charge on any atom is 0.123 e. The molecular weight excluding hydrogens is 230 g/mol. The van der Waals surface area contributed by atoms with Gasteiger partial charge in [0.25, 0.3) is 0 Å². The lowest BCUT2D eigenvalue weighted by Crippen LogP contribution is -1.93. The second-order valence-corrected chi connectivity index (χ2v) is 3.72. The molecule has 0 bridgehead atoms. The smallest absolute Gasteiger partial charge is 0.123 e. The van der Waals surface area contributed by atoms with Crippen molar-refractivity contribution in [2.24, 2.45) is 0 Å². The van der Waals surface area contributed by atoms with Gasteiger partial charge in [0.15, 0.2) is 0 Å². The van der Waals surface area contributed by atoms with Gasteiger partial charge in [-0.25, -0.2) is 0 Å². The van der Waals surface area contributed by atoms with Crippen LogP contribution in [0.15, 0.2) is 35.3 Å². The predicted molar refractivity (Wildman–Crippen MR) is 53.8 cm³/mol. The molecule has 0 atom stereocenters. The molecule has 0 unspecified atom stereocenters. The van der Waals surface area contributed by atoms with Gasteiger partial charge in [0, 0.05) is 4.47 Å². The summed E-state index contributed by atoms with van der Waals surface area (Å²) in [5.74, 6) is 0. The highest BCUT2D eigenvalue weighted by Crippen LogP contribution is 2.18. The van der Waals surface area contributed by atoms with Crippen LogP contribution in [0.5, 0.6) is 0 Å². The Balaban J connectivity index is 2.53. The molecule has 0 radical (unpaired) electrons. The van der Waals surface area contributed by atoms with Crippen molar-refractivity contribution in [2.45, 2.75) is 6.92 Å². The monoisotopic (exact) mass is 237 g/mol. The zero-order chi connectivity index (χ0) is 9.26. The van der Waals surface area contributed by atoms with Crippen LogP contribution in [0.3, 0.4) is 0 Å². The summed E-state index contributed by atoms with van der Waals surface area (Å²) in [4.78, 5) is 0. The molecule has 0 amide bonds. The molecule has 0 aliphatic carbocycles. The van der Waals surface area contributed by atoms with Gasteiger partial charge in [-0.15, -0.1) is 10.2 Å². The third-order valence-corrected chi connectivity index (χ3v) is 2.35. The van der Waals surface area contributed by atoms with Crippen LogP contribution in [-0.4, -0.2) is 14.8 Å². The van der Waals surface area contributed by atoms with Crippen molar-refractivity contribution in [3.63, 3.8) is 0 Å². The molecule has 0 aliphatic rings. The first kappa shape index (κ1) is 8.44. The Morgan fingerprint density at radius 1 is 1.23 bits per heavy atom. The predicted octanol–water partition coefficient (Wildman–Crippen LogP) is 2.34. The Morgan fingerprint density at radius 2 is 1.92 bits per heavy atom. The molecule has 3 nitrogen and oxygen atoms in total. The molecule has 0 fully saturated rings. The lowest BCUT2D eigenvalue weighted by Gasteiger charge is -2.05. The van der Waals surface area contributed by atoms with Crippen molar-refractivity contribution in [3.8, 4) is 5.69 Å². The van der Waals surface area contributed by atoms with Gasteiger partial charge >= 0.3 is 0 Å². The fourth-order valence-electron chi connectivity index (χ4n) is 1.23. The number of benzene rings is 1. The minimum absolute atomic E-state index is 1.09. The molecule has 2 aromatic rings. The van der Waals surface area contributed by atoms with Gasteiger partial charge in [-0.05, 0) is 30.7 Å². The van der Waals surface area contributed by atoms with Crippen LogP contribution >= 0.6 is 15.9 Å². The van der Waals surface area contributed by atoms with Gasteiger partial charge < -0.3 is 0 Å². The van der Waals surface area contributed by atoms with E-state index in [-0.39, 0.29) is 0 Å². The van der Waals surface area contributed by atoms with Gasteiger partial charge in [-0.2, -0.15) is 0 Å². The second kappa shape index (κ2) is 3.30. The third-order valence-electron chi connectivity index (χ3n) is 1.86. The standard InChI is InChI=1S/C9H8BrN3/c1-7-4-8(10)2-3-9(7)13-5-11-12-6-13/h2-6H,1H3. The zero-order valence-corrected chi connectivity index (χ0v) is 8.69. The lowest BCUT2D eigenvalue weighted by molar-refractivity contribution is 1.04.